The van der Waals surface area contributed by atoms with Crippen LogP contribution in [0.15, 0.2) is 24.3 Å². The molecule has 0 radical (unpaired) electrons. The van der Waals surface area contributed by atoms with Gasteiger partial charge in [0.15, 0.2) is 0 Å². The van der Waals surface area contributed by atoms with Crippen LogP contribution in [0.4, 0.5) is 0 Å². The molecular weight excluding hydrogens is 292 g/mol. The Morgan fingerprint density at radius 2 is 1.90 bits per heavy atom. The van der Waals surface area contributed by atoms with Crippen LogP contribution in [0.1, 0.15) is 30.6 Å². The molecule has 2 atom stereocenters. The van der Waals surface area contributed by atoms with Crippen LogP contribution in [0, 0.1) is 5.92 Å². The minimum Gasteiger partial charge on any atom is -0.340 e. The van der Waals surface area contributed by atoms with Gasteiger partial charge in [-0.1, -0.05) is 31.9 Å². The van der Waals surface area contributed by atoms with Gasteiger partial charge in [-0.25, -0.2) is 5.06 Å². The van der Waals surface area contributed by atoms with Crippen LogP contribution in [0.25, 0.3) is 0 Å². The Bertz CT molecular complexity index is 490. The summed E-state index contributed by atoms with van der Waals surface area (Å²) in [7, 11) is 2.93. The summed E-state index contributed by atoms with van der Waals surface area (Å²) >= 11 is 5.80. The molecule has 21 heavy (non-hydrogen) atoms. The smallest absolute Gasteiger partial charge is 0.268 e. The summed E-state index contributed by atoms with van der Waals surface area (Å²) in [6.07, 6.45) is 0.759. The Kier molecular flexibility index (Phi) is 6.65. The first-order valence-electron chi connectivity index (χ1n) is 6.78. The van der Waals surface area contributed by atoms with Crippen molar-refractivity contribution in [2.75, 3.05) is 14.2 Å². The minimum absolute atomic E-state index is 0.00801. The summed E-state index contributed by atoms with van der Waals surface area (Å²) in [4.78, 5) is 29.4. The van der Waals surface area contributed by atoms with Crippen molar-refractivity contribution in [2.45, 2.75) is 26.3 Å². The summed E-state index contributed by atoms with van der Waals surface area (Å²) < 4.78 is 0. The van der Waals surface area contributed by atoms with Crippen LogP contribution in [0.2, 0.25) is 5.02 Å². The van der Waals surface area contributed by atoms with Gasteiger partial charge < -0.3 is 5.32 Å². The van der Waals surface area contributed by atoms with E-state index in [1.165, 1.54) is 14.2 Å². The molecule has 1 aromatic carbocycles. The number of hydroxylamine groups is 2. The van der Waals surface area contributed by atoms with Gasteiger partial charge in [-0.15, -0.1) is 0 Å². The molecule has 1 aromatic rings. The van der Waals surface area contributed by atoms with E-state index >= 15 is 0 Å². The Morgan fingerprint density at radius 1 is 1.33 bits per heavy atom. The molecule has 2 amide bonds. The van der Waals surface area contributed by atoms with Crippen molar-refractivity contribution in [3.63, 3.8) is 0 Å². The molecule has 0 bridgehead atoms. The molecular formula is C15H21ClN2O3. The fourth-order valence-electron chi connectivity index (χ4n) is 1.79. The van der Waals surface area contributed by atoms with Crippen molar-refractivity contribution in [3.8, 4) is 0 Å². The third kappa shape index (κ3) is 4.72. The summed E-state index contributed by atoms with van der Waals surface area (Å²) in [6.45, 7) is 3.88. The number of halogens is 1. The number of benzene rings is 1. The Hall–Kier alpha value is -1.59. The fraction of sp³-hybridized carbons (Fsp3) is 0.467. The van der Waals surface area contributed by atoms with E-state index in [2.05, 4.69) is 5.32 Å². The molecule has 0 aliphatic rings. The minimum atomic E-state index is -0.636. The lowest BCUT2D eigenvalue weighted by molar-refractivity contribution is -0.172. The van der Waals surface area contributed by atoms with E-state index in [0.29, 0.717) is 10.6 Å². The summed E-state index contributed by atoms with van der Waals surface area (Å²) in [5.41, 5.74) is 0.459. The zero-order valence-electron chi connectivity index (χ0n) is 12.7. The number of likely N-dealkylation sites (N-methyl/N-ethyl adjacent to an activating group) is 1. The number of hydrogen-bond acceptors (Lipinski definition) is 3. The summed E-state index contributed by atoms with van der Waals surface area (Å²) in [5, 5.41) is 4.44. The van der Waals surface area contributed by atoms with E-state index in [0.717, 1.165) is 11.5 Å². The average Bonchev–Trinajstić information content (AvgIpc) is 2.50. The maximum Gasteiger partial charge on any atom is 0.268 e. The van der Waals surface area contributed by atoms with Crippen molar-refractivity contribution in [1.29, 1.82) is 0 Å². The molecule has 0 fully saturated rings. The van der Waals surface area contributed by atoms with Gasteiger partial charge in [0.2, 0.25) is 0 Å². The van der Waals surface area contributed by atoms with Gasteiger partial charge in [0.25, 0.3) is 11.8 Å². The number of nitrogens with one attached hydrogen (secondary N) is 1. The maximum absolute atomic E-state index is 12.3. The first-order chi connectivity index (χ1) is 9.90. The van der Waals surface area contributed by atoms with Gasteiger partial charge in [-0.2, -0.15) is 0 Å². The third-order valence-corrected chi connectivity index (χ3v) is 3.71. The van der Waals surface area contributed by atoms with Crippen molar-refractivity contribution in [2.24, 2.45) is 5.92 Å². The Morgan fingerprint density at radius 3 is 2.38 bits per heavy atom. The van der Waals surface area contributed by atoms with Gasteiger partial charge in [0, 0.05) is 17.6 Å². The lowest BCUT2D eigenvalue weighted by atomic mass is 9.98. The molecule has 2 unspecified atom stereocenters. The lowest BCUT2D eigenvalue weighted by Gasteiger charge is -2.26. The largest absolute Gasteiger partial charge is 0.340 e. The number of nitrogens with zero attached hydrogens (tertiary/aromatic N) is 1. The van der Waals surface area contributed by atoms with E-state index in [4.69, 9.17) is 16.4 Å². The van der Waals surface area contributed by atoms with E-state index in [1.54, 1.807) is 24.3 Å². The highest BCUT2D eigenvalue weighted by molar-refractivity contribution is 6.30. The van der Waals surface area contributed by atoms with Crippen LogP contribution in [0.3, 0.4) is 0 Å². The number of hydrogen-bond donors (Lipinski definition) is 1. The quantitative estimate of drug-likeness (QED) is 0.821. The topological polar surface area (TPSA) is 58.6 Å². The predicted octanol–water partition coefficient (Wildman–Crippen LogP) is 2.50. The molecule has 0 saturated heterocycles. The van der Waals surface area contributed by atoms with Crippen molar-refractivity contribution in [1.82, 2.24) is 10.4 Å². The van der Waals surface area contributed by atoms with Crippen LogP contribution < -0.4 is 5.32 Å². The number of amides is 2. The first-order valence-corrected chi connectivity index (χ1v) is 7.16. The molecule has 6 heteroatoms. The first kappa shape index (κ1) is 17.5. The average molecular weight is 313 g/mol. The van der Waals surface area contributed by atoms with Crippen LogP contribution in [0.5, 0.6) is 0 Å². The lowest BCUT2D eigenvalue weighted by Crippen LogP contribution is -2.50. The zero-order chi connectivity index (χ0) is 16.0. The van der Waals surface area contributed by atoms with E-state index in [1.807, 2.05) is 13.8 Å². The fourth-order valence-corrected chi connectivity index (χ4v) is 1.92. The highest BCUT2D eigenvalue weighted by Crippen LogP contribution is 2.13. The SMILES string of the molecule is CCC(C)C(NC(=O)c1ccc(Cl)cc1)C(=O)N(C)OC. The second-order valence-corrected chi connectivity index (χ2v) is 5.30. The van der Waals surface area contributed by atoms with E-state index < -0.39 is 6.04 Å². The molecule has 1 rings (SSSR count). The summed E-state index contributed by atoms with van der Waals surface area (Å²) in [6, 6.07) is 5.88. The standard InChI is InChI=1S/C15H21ClN2O3/c1-5-10(2)13(15(20)18(3)21-4)17-14(19)11-6-8-12(16)9-7-11/h6-10,13H,5H2,1-4H3,(H,17,19). The van der Waals surface area contributed by atoms with Gasteiger partial charge in [-0.3, -0.25) is 14.4 Å². The van der Waals surface area contributed by atoms with Crippen molar-refractivity contribution >= 4 is 23.4 Å². The number of carbonyl (C=O) groups is 2. The predicted molar refractivity (Wildman–Crippen MR) is 81.9 cm³/mol. The van der Waals surface area contributed by atoms with Crippen molar-refractivity contribution in [3.05, 3.63) is 34.9 Å². The summed E-state index contributed by atoms with van der Waals surface area (Å²) in [5.74, 6) is -0.602. The third-order valence-electron chi connectivity index (χ3n) is 3.46. The number of rotatable bonds is 6. The van der Waals surface area contributed by atoms with E-state index in [9.17, 15) is 9.59 Å². The van der Waals surface area contributed by atoms with Gasteiger partial charge >= 0.3 is 0 Å². The van der Waals surface area contributed by atoms with Crippen LogP contribution >= 0.6 is 11.6 Å². The molecule has 116 valence electrons. The molecule has 0 heterocycles. The highest BCUT2D eigenvalue weighted by atomic mass is 35.5. The monoisotopic (exact) mass is 312 g/mol. The van der Waals surface area contributed by atoms with E-state index in [-0.39, 0.29) is 17.7 Å². The molecule has 0 spiro atoms. The van der Waals surface area contributed by atoms with Gasteiger partial charge in [0.05, 0.1) is 7.11 Å². The van der Waals surface area contributed by atoms with Crippen LogP contribution in [-0.2, 0) is 9.63 Å². The molecule has 0 aliphatic heterocycles. The highest BCUT2D eigenvalue weighted by Gasteiger charge is 2.29. The second kappa shape index (κ2) is 8.00. The zero-order valence-corrected chi connectivity index (χ0v) is 13.5. The number of carbonyl (C=O) groups excluding carboxylic acids is 2. The Labute approximate surface area is 130 Å². The van der Waals surface area contributed by atoms with Gasteiger partial charge in [-0.05, 0) is 30.2 Å². The second-order valence-electron chi connectivity index (χ2n) is 4.86. The molecule has 5 nitrogen and oxygen atoms in total. The molecule has 1 N–H and O–H groups in total. The Balaban J connectivity index is 2.88. The molecule has 0 aromatic heterocycles. The molecule has 0 aliphatic carbocycles. The van der Waals surface area contributed by atoms with Crippen LogP contribution in [-0.4, -0.2) is 37.1 Å². The molecule has 0 saturated carbocycles. The maximum atomic E-state index is 12.3. The van der Waals surface area contributed by atoms with Crippen molar-refractivity contribution < 1.29 is 14.4 Å². The normalized spacial score (nSPS) is 13.4. The van der Waals surface area contributed by atoms with Gasteiger partial charge in [0.1, 0.15) is 6.04 Å².